The highest BCUT2D eigenvalue weighted by Crippen LogP contribution is 2.48. The van der Waals surface area contributed by atoms with Gasteiger partial charge in [-0.25, -0.2) is 4.98 Å². The molecule has 200 valence electrons. The molecule has 0 bridgehead atoms. The van der Waals surface area contributed by atoms with E-state index in [1.807, 2.05) is 11.3 Å². The molecule has 0 radical (unpaired) electrons. The molecule has 43 heavy (non-hydrogen) atoms. The van der Waals surface area contributed by atoms with E-state index in [0.717, 1.165) is 17.0 Å². The van der Waals surface area contributed by atoms with E-state index in [1.165, 1.54) is 69.2 Å². The van der Waals surface area contributed by atoms with Crippen LogP contribution in [0.3, 0.4) is 0 Å². The van der Waals surface area contributed by atoms with Crippen LogP contribution in [0.15, 0.2) is 152 Å². The van der Waals surface area contributed by atoms with Gasteiger partial charge in [-0.15, -0.1) is 11.3 Å². The molecule has 0 amide bonds. The lowest BCUT2D eigenvalue weighted by Crippen LogP contribution is -1.93. The van der Waals surface area contributed by atoms with E-state index < -0.39 is 0 Å². The second-order valence-corrected chi connectivity index (χ2v) is 12.2. The van der Waals surface area contributed by atoms with E-state index in [2.05, 4.69) is 152 Å². The van der Waals surface area contributed by atoms with Crippen LogP contribution >= 0.6 is 11.3 Å². The monoisotopic (exact) mass is 563 g/mol. The summed E-state index contributed by atoms with van der Waals surface area (Å²) in [6.07, 6.45) is 0. The van der Waals surface area contributed by atoms with Gasteiger partial charge < -0.3 is 0 Å². The minimum absolute atomic E-state index is 0.980. The molecule has 0 aliphatic heterocycles. The number of nitrogens with zero attached hydrogens (tertiary/aromatic N) is 1. The summed E-state index contributed by atoms with van der Waals surface area (Å²) in [7, 11) is 0. The van der Waals surface area contributed by atoms with Gasteiger partial charge in [0.25, 0.3) is 0 Å². The predicted octanol–water partition coefficient (Wildman–Crippen LogP) is 11.9. The maximum Gasteiger partial charge on any atom is 0.0722 e. The van der Waals surface area contributed by atoms with Crippen LogP contribution in [0.4, 0.5) is 0 Å². The smallest absolute Gasteiger partial charge is 0.0722 e. The van der Waals surface area contributed by atoms with Gasteiger partial charge in [0, 0.05) is 36.7 Å². The van der Waals surface area contributed by atoms with Crippen molar-refractivity contribution in [3.05, 3.63) is 152 Å². The van der Waals surface area contributed by atoms with Crippen LogP contribution in [-0.2, 0) is 0 Å². The van der Waals surface area contributed by atoms with Crippen LogP contribution in [0.5, 0.6) is 0 Å². The molecule has 0 saturated heterocycles. The van der Waals surface area contributed by atoms with Crippen LogP contribution in [0.25, 0.3) is 86.1 Å². The molecule has 1 nitrogen and oxygen atoms in total. The maximum absolute atomic E-state index is 5.39. The molecule has 0 saturated carbocycles. The number of thiophene rings is 1. The van der Waals surface area contributed by atoms with Crippen molar-refractivity contribution in [2.45, 2.75) is 0 Å². The van der Waals surface area contributed by atoms with E-state index >= 15 is 0 Å². The average molecular weight is 564 g/mol. The first-order valence-corrected chi connectivity index (χ1v) is 15.5. The van der Waals surface area contributed by atoms with Crippen molar-refractivity contribution in [2.24, 2.45) is 0 Å². The first kappa shape index (κ1) is 24.3. The van der Waals surface area contributed by atoms with Gasteiger partial charge in [-0.1, -0.05) is 127 Å². The van der Waals surface area contributed by atoms with Gasteiger partial charge in [0.05, 0.1) is 11.4 Å². The lowest BCUT2D eigenvalue weighted by atomic mass is 9.90. The van der Waals surface area contributed by atoms with Gasteiger partial charge in [0.1, 0.15) is 0 Å². The molecular formula is C41H25NS. The van der Waals surface area contributed by atoms with Gasteiger partial charge in [0.2, 0.25) is 0 Å². The molecule has 2 heteroatoms. The maximum atomic E-state index is 5.39. The van der Waals surface area contributed by atoms with Crippen molar-refractivity contribution in [2.75, 3.05) is 0 Å². The average Bonchev–Trinajstić information content (AvgIpc) is 3.48. The summed E-state index contributed by atoms with van der Waals surface area (Å²) in [5.41, 5.74) is 6.62. The molecule has 2 aromatic heterocycles. The Hall–Kier alpha value is -5.31. The number of rotatable bonds is 3. The third-order valence-corrected chi connectivity index (χ3v) is 9.82. The Labute approximate surface area is 253 Å². The quantitative estimate of drug-likeness (QED) is 0.195. The molecule has 0 N–H and O–H groups in total. The molecule has 0 atom stereocenters. The normalized spacial score (nSPS) is 11.7. The van der Waals surface area contributed by atoms with Crippen molar-refractivity contribution in [3.8, 4) is 33.6 Å². The predicted molar refractivity (Wildman–Crippen MR) is 186 cm³/mol. The van der Waals surface area contributed by atoms with E-state index in [4.69, 9.17) is 4.98 Å². The number of benzene rings is 7. The Bertz CT molecular complexity index is 2430. The third-order valence-electron chi connectivity index (χ3n) is 8.63. The first-order valence-electron chi connectivity index (χ1n) is 14.6. The Balaban J connectivity index is 1.48. The fraction of sp³-hybridized carbons (Fsp3) is 0. The molecular weight excluding hydrogens is 539 g/mol. The summed E-state index contributed by atoms with van der Waals surface area (Å²) in [6.45, 7) is 0. The lowest BCUT2D eigenvalue weighted by Gasteiger charge is -2.15. The highest BCUT2D eigenvalue weighted by atomic mass is 32.1. The molecule has 0 spiro atoms. The summed E-state index contributed by atoms with van der Waals surface area (Å²) >= 11 is 1.90. The number of hydrogen-bond donors (Lipinski definition) is 0. The van der Waals surface area contributed by atoms with Gasteiger partial charge in [-0.05, 0) is 62.3 Å². The van der Waals surface area contributed by atoms with Gasteiger partial charge in [-0.3, -0.25) is 0 Å². The fourth-order valence-electron chi connectivity index (χ4n) is 6.69. The lowest BCUT2D eigenvalue weighted by molar-refractivity contribution is 1.33. The Morgan fingerprint density at radius 2 is 0.907 bits per heavy atom. The Morgan fingerprint density at radius 1 is 0.372 bits per heavy atom. The Morgan fingerprint density at radius 3 is 1.63 bits per heavy atom. The van der Waals surface area contributed by atoms with Gasteiger partial charge in [0.15, 0.2) is 0 Å². The van der Waals surface area contributed by atoms with Crippen LogP contribution < -0.4 is 0 Å². The summed E-state index contributed by atoms with van der Waals surface area (Å²) in [6, 6.07) is 54.6. The van der Waals surface area contributed by atoms with Crippen LogP contribution in [-0.4, -0.2) is 4.98 Å². The van der Waals surface area contributed by atoms with E-state index in [0.29, 0.717) is 0 Å². The standard InChI is InChI=1S/C41H25NS/c1-3-13-26(14-4-1)28-23-36(27-15-5-2-6-16-27)42-37(24-28)35-25-34-31-19-8-7-17-29(31)30-18-9-10-20-32(30)39(34)41-40(35)33-21-11-12-22-38(33)43-41/h1-25H. The second-order valence-electron chi connectivity index (χ2n) is 11.1. The zero-order chi connectivity index (χ0) is 28.3. The molecule has 7 aromatic carbocycles. The highest BCUT2D eigenvalue weighted by Gasteiger charge is 2.20. The van der Waals surface area contributed by atoms with Gasteiger partial charge >= 0.3 is 0 Å². The SMILES string of the molecule is c1ccc(-c2cc(-c3ccccc3)nc(-c3cc4c5ccccc5c5ccccc5c4c4sc5ccccc5c34)c2)cc1. The van der Waals surface area contributed by atoms with Crippen molar-refractivity contribution in [3.63, 3.8) is 0 Å². The highest BCUT2D eigenvalue weighted by molar-refractivity contribution is 7.27. The van der Waals surface area contributed by atoms with Crippen LogP contribution in [0.1, 0.15) is 0 Å². The molecule has 0 unspecified atom stereocenters. The molecule has 9 rings (SSSR count). The van der Waals surface area contributed by atoms with Crippen LogP contribution in [0, 0.1) is 0 Å². The number of fused-ring (bicyclic) bond motifs is 10. The largest absolute Gasteiger partial charge is 0.248 e. The van der Waals surface area contributed by atoms with E-state index in [1.54, 1.807) is 0 Å². The topological polar surface area (TPSA) is 12.9 Å². The number of hydrogen-bond acceptors (Lipinski definition) is 2. The minimum Gasteiger partial charge on any atom is -0.248 e. The first-order chi connectivity index (χ1) is 21.3. The van der Waals surface area contributed by atoms with Gasteiger partial charge in [-0.2, -0.15) is 0 Å². The number of pyridine rings is 1. The van der Waals surface area contributed by atoms with Crippen molar-refractivity contribution in [1.29, 1.82) is 0 Å². The van der Waals surface area contributed by atoms with E-state index in [9.17, 15) is 0 Å². The van der Waals surface area contributed by atoms with Crippen molar-refractivity contribution >= 4 is 63.8 Å². The molecule has 0 aliphatic carbocycles. The summed E-state index contributed by atoms with van der Waals surface area (Å²) in [4.78, 5) is 5.39. The minimum atomic E-state index is 0.980. The van der Waals surface area contributed by atoms with Crippen LogP contribution in [0.2, 0.25) is 0 Å². The zero-order valence-electron chi connectivity index (χ0n) is 23.3. The number of aromatic nitrogens is 1. The molecule has 9 aromatic rings. The summed E-state index contributed by atoms with van der Waals surface area (Å²) < 4.78 is 2.62. The van der Waals surface area contributed by atoms with Crippen molar-refractivity contribution in [1.82, 2.24) is 4.98 Å². The zero-order valence-corrected chi connectivity index (χ0v) is 24.1. The summed E-state index contributed by atoms with van der Waals surface area (Å²) in [5.74, 6) is 0. The van der Waals surface area contributed by atoms with E-state index in [-0.39, 0.29) is 0 Å². The van der Waals surface area contributed by atoms with Crippen molar-refractivity contribution < 1.29 is 0 Å². The Kier molecular flexibility index (Phi) is 5.44. The summed E-state index contributed by atoms with van der Waals surface area (Å²) in [5, 5.41) is 10.3. The fourth-order valence-corrected chi connectivity index (χ4v) is 7.98. The third kappa shape index (κ3) is 3.81. The molecule has 0 aliphatic rings. The molecule has 0 fully saturated rings. The molecule has 2 heterocycles. The second kappa shape index (κ2) is 9.62.